The third-order valence-electron chi connectivity index (χ3n) is 11.1. The van der Waals surface area contributed by atoms with Gasteiger partial charge < -0.3 is 9.30 Å². The van der Waals surface area contributed by atoms with Crippen LogP contribution in [0, 0.1) is 11.3 Å². The Morgan fingerprint density at radius 2 is 1.90 bits per heavy atom. The van der Waals surface area contributed by atoms with Crippen LogP contribution in [0.4, 0.5) is 8.78 Å². The fourth-order valence-corrected chi connectivity index (χ4v) is 8.72. The van der Waals surface area contributed by atoms with Crippen molar-refractivity contribution in [1.82, 2.24) is 13.6 Å². The van der Waals surface area contributed by atoms with Crippen molar-refractivity contribution in [3.05, 3.63) is 53.1 Å². The summed E-state index contributed by atoms with van der Waals surface area (Å²) < 4.78 is 50.2. The molecule has 0 radical (unpaired) electrons. The van der Waals surface area contributed by atoms with Gasteiger partial charge in [-0.1, -0.05) is 51.0 Å². The molecule has 3 aliphatic carbocycles. The molecule has 2 aromatic carbocycles. The maximum absolute atomic E-state index is 14.1. The summed E-state index contributed by atoms with van der Waals surface area (Å²) in [6.07, 6.45) is 14.6. The van der Waals surface area contributed by atoms with E-state index in [0.29, 0.717) is 18.5 Å². The number of amides is 2. The van der Waals surface area contributed by atoms with E-state index < -0.39 is 29.1 Å². The number of aromatic nitrogens is 1. The van der Waals surface area contributed by atoms with Gasteiger partial charge in [-0.15, -0.1) is 0 Å². The van der Waals surface area contributed by atoms with E-state index in [-0.39, 0.29) is 23.5 Å². The zero-order chi connectivity index (χ0) is 33.6. The summed E-state index contributed by atoms with van der Waals surface area (Å²) in [7, 11) is 3.25. The average Bonchev–Trinajstić information content (AvgIpc) is 3.72. The van der Waals surface area contributed by atoms with Crippen LogP contribution in [0.15, 0.2) is 41.4 Å². The van der Waals surface area contributed by atoms with Gasteiger partial charge in [0, 0.05) is 54.8 Å². The SMILES string of the molecule is CN(C)S(=O)NC(=O)c1ccc2c(C3CCCCC3)c3n(c2c1)CC1(C(=O)N=CCCCC2CCC2)CC1c1cc(OC(F)F)ccc1-3. The Bertz CT molecular complexity index is 1780. The molecule has 3 atom stereocenters. The number of rotatable bonds is 11. The van der Waals surface area contributed by atoms with E-state index in [9.17, 15) is 22.6 Å². The number of unbranched alkanes of at least 4 members (excludes halogenated alkanes) is 1. The van der Waals surface area contributed by atoms with Gasteiger partial charge in [-0.05, 0) is 85.4 Å². The molecule has 2 heterocycles. The molecule has 0 saturated heterocycles. The summed E-state index contributed by atoms with van der Waals surface area (Å²) in [5.74, 6) is 0.314. The van der Waals surface area contributed by atoms with Gasteiger partial charge in [0.1, 0.15) is 5.75 Å². The Morgan fingerprint density at radius 3 is 2.60 bits per heavy atom. The summed E-state index contributed by atoms with van der Waals surface area (Å²) in [4.78, 5) is 31.9. The summed E-state index contributed by atoms with van der Waals surface area (Å²) in [6, 6.07) is 10.7. The molecule has 7 rings (SSSR count). The summed E-state index contributed by atoms with van der Waals surface area (Å²) >= 11 is -1.69. The van der Waals surface area contributed by atoms with Crippen LogP contribution in [0.5, 0.6) is 5.75 Å². The van der Waals surface area contributed by atoms with Crippen molar-refractivity contribution in [2.45, 2.75) is 102 Å². The molecule has 1 aromatic heterocycles. The highest BCUT2D eigenvalue weighted by molar-refractivity contribution is 7.81. The van der Waals surface area contributed by atoms with E-state index in [4.69, 9.17) is 4.74 Å². The van der Waals surface area contributed by atoms with Crippen LogP contribution in [0.25, 0.3) is 22.2 Å². The van der Waals surface area contributed by atoms with Crippen LogP contribution in [0.1, 0.15) is 110 Å². The van der Waals surface area contributed by atoms with Gasteiger partial charge in [0.05, 0.1) is 11.1 Å². The fraction of sp³-hybridized carbons (Fsp3) is 0.541. The standard InChI is InChI=1S/C37H44F2N4O4S/c1-42(2)48(46)41-34(44)25-14-16-28-31(19-25)43-22-37(35(45)40-18-7-6-9-23-10-8-11-23)21-30(37)29-20-26(47-36(38)39)15-17-27(29)33(43)32(28)24-12-4-3-5-13-24/h14-20,23-24,30,36H,3-13,21-22H2,1-2H3,(H,41,44). The Morgan fingerprint density at radius 1 is 1.10 bits per heavy atom. The van der Waals surface area contributed by atoms with E-state index >= 15 is 0 Å². The number of carbonyl (C=O) groups is 2. The summed E-state index contributed by atoms with van der Waals surface area (Å²) in [5, 5.41) is 1.02. The lowest BCUT2D eigenvalue weighted by Gasteiger charge is -2.24. The van der Waals surface area contributed by atoms with Crippen molar-refractivity contribution in [3.63, 3.8) is 0 Å². The molecule has 48 heavy (non-hydrogen) atoms. The van der Waals surface area contributed by atoms with Crippen LogP contribution in [0.3, 0.4) is 0 Å². The second-order valence-corrected chi connectivity index (χ2v) is 15.7. The minimum Gasteiger partial charge on any atom is -0.435 e. The zero-order valence-electron chi connectivity index (χ0n) is 27.7. The van der Waals surface area contributed by atoms with Crippen LogP contribution in [0.2, 0.25) is 0 Å². The largest absolute Gasteiger partial charge is 0.435 e. The van der Waals surface area contributed by atoms with Crippen molar-refractivity contribution in [3.8, 4) is 17.0 Å². The molecule has 2 amide bonds. The second kappa shape index (κ2) is 13.5. The third-order valence-corrected chi connectivity index (χ3v) is 12.1. The molecule has 256 valence electrons. The molecule has 1 N–H and O–H groups in total. The fourth-order valence-electron chi connectivity index (χ4n) is 8.26. The number of halogens is 2. The lowest BCUT2D eigenvalue weighted by molar-refractivity contribution is -0.123. The normalized spacial score (nSPS) is 23.0. The maximum atomic E-state index is 14.1. The maximum Gasteiger partial charge on any atom is 0.387 e. The first-order chi connectivity index (χ1) is 23.2. The lowest BCUT2D eigenvalue weighted by Crippen LogP contribution is -2.34. The number of benzene rings is 2. The summed E-state index contributed by atoms with van der Waals surface area (Å²) in [5.41, 5.74) is 4.27. The first-order valence-corrected chi connectivity index (χ1v) is 18.5. The van der Waals surface area contributed by atoms with E-state index in [2.05, 4.69) is 14.3 Å². The van der Waals surface area contributed by atoms with Crippen molar-refractivity contribution >= 4 is 40.1 Å². The molecule has 0 spiro atoms. The van der Waals surface area contributed by atoms with Crippen molar-refractivity contribution in [1.29, 1.82) is 0 Å². The van der Waals surface area contributed by atoms with Gasteiger partial charge in [-0.2, -0.15) is 8.78 Å². The zero-order valence-corrected chi connectivity index (χ0v) is 28.5. The van der Waals surface area contributed by atoms with Crippen molar-refractivity contribution in [2.24, 2.45) is 16.3 Å². The number of fused-ring (bicyclic) bond motifs is 7. The quantitative estimate of drug-likeness (QED) is 0.165. The predicted octanol–water partition coefficient (Wildman–Crippen LogP) is 7.88. The van der Waals surface area contributed by atoms with Gasteiger partial charge in [0.15, 0.2) is 11.2 Å². The number of alkyl halides is 2. The highest BCUT2D eigenvalue weighted by atomic mass is 32.2. The van der Waals surface area contributed by atoms with Crippen molar-refractivity contribution in [2.75, 3.05) is 14.1 Å². The predicted molar refractivity (Wildman–Crippen MR) is 184 cm³/mol. The number of nitrogens with zero attached hydrogens (tertiary/aromatic N) is 3. The Balaban J connectivity index is 1.34. The molecular weight excluding hydrogens is 634 g/mol. The molecule has 3 saturated carbocycles. The van der Waals surface area contributed by atoms with Crippen molar-refractivity contribution < 1.29 is 27.3 Å². The molecular formula is C37H44F2N4O4S. The summed E-state index contributed by atoms with van der Waals surface area (Å²) in [6.45, 7) is -2.59. The van der Waals surface area contributed by atoms with E-state index in [1.165, 1.54) is 35.6 Å². The molecule has 3 fully saturated rings. The number of aliphatic imine (C=N–C) groups is 1. The van der Waals surface area contributed by atoms with Gasteiger partial charge in [0.2, 0.25) is 0 Å². The Hall–Kier alpha value is -3.44. The monoisotopic (exact) mass is 678 g/mol. The highest BCUT2D eigenvalue weighted by Crippen LogP contribution is 2.66. The molecule has 3 aromatic rings. The molecule has 0 bridgehead atoms. The van der Waals surface area contributed by atoms with Gasteiger partial charge in [0.25, 0.3) is 11.8 Å². The van der Waals surface area contributed by atoms with Gasteiger partial charge >= 0.3 is 6.61 Å². The third kappa shape index (κ3) is 6.24. The Labute approximate surface area is 283 Å². The van der Waals surface area contributed by atoms with E-state index in [0.717, 1.165) is 78.6 Å². The average molecular weight is 679 g/mol. The topological polar surface area (TPSA) is 93.0 Å². The van der Waals surface area contributed by atoms with Gasteiger partial charge in [-0.3, -0.25) is 14.3 Å². The molecule has 4 aliphatic rings. The Kier molecular flexibility index (Phi) is 9.28. The first-order valence-electron chi connectivity index (χ1n) is 17.4. The van der Waals surface area contributed by atoms with Gasteiger partial charge in [-0.25, -0.2) is 13.5 Å². The number of carbonyl (C=O) groups excluding carboxylic acids is 2. The number of nitrogens with one attached hydrogen (secondary N) is 1. The minimum absolute atomic E-state index is 0.0770. The lowest BCUT2D eigenvalue weighted by atomic mass is 9.81. The van der Waals surface area contributed by atoms with E-state index in [1.54, 1.807) is 38.5 Å². The van der Waals surface area contributed by atoms with Crippen LogP contribution in [-0.2, 0) is 22.5 Å². The molecule has 3 unspecified atom stereocenters. The molecule has 11 heteroatoms. The molecule has 8 nitrogen and oxygen atoms in total. The number of ether oxygens (including phenoxy) is 1. The molecule has 1 aliphatic heterocycles. The highest BCUT2D eigenvalue weighted by Gasteiger charge is 2.62. The number of hydrogen-bond acceptors (Lipinski definition) is 4. The smallest absolute Gasteiger partial charge is 0.387 e. The second-order valence-electron chi connectivity index (χ2n) is 14.3. The van der Waals surface area contributed by atoms with Crippen LogP contribution < -0.4 is 9.46 Å². The minimum atomic E-state index is -2.96. The van der Waals surface area contributed by atoms with Crippen LogP contribution >= 0.6 is 0 Å². The van der Waals surface area contributed by atoms with Crippen LogP contribution in [-0.4, -0.2) is 51.8 Å². The number of hydrogen-bond donors (Lipinski definition) is 1. The van der Waals surface area contributed by atoms with E-state index in [1.807, 2.05) is 18.2 Å². The first kappa shape index (κ1) is 33.1.